The first-order valence-corrected chi connectivity index (χ1v) is 6.93. The van der Waals surface area contributed by atoms with Crippen LogP contribution in [0.15, 0.2) is 12.3 Å². The van der Waals surface area contributed by atoms with Crippen LogP contribution in [0.1, 0.15) is 34.1 Å². The molecular weight excluding hydrogens is 256 g/mol. The van der Waals surface area contributed by atoms with Crippen molar-refractivity contribution in [2.75, 3.05) is 19.0 Å². The third kappa shape index (κ3) is 6.06. The molecule has 0 aromatic carbocycles. The van der Waals surface area contributed by atoms with Crippen LogP contribution >= 0.6 is 0 Å². The maximum atomic E-state index is 12.0. The molecule has 1 aromatic rings. The number of carbonyl (C=O) groups excluding carboxylic acids is 1. The van der Waals surface area contributed by atoms with Gasteiger partial charge in [-0.1, -0.05) is 0 Å². The monoisotopic (exact) mass is 282 g/mol. The predicted octanol–water partition coefficient (Wildman–Crippen LogP) is 1.63. The number of carbonyl (C=O) groups is 1. The SMILES string of the molecule is COCCCn1ccc(N[C@@H](C)C(=O)NC(C)(C)C)n1. The molecule has 1 atom stereocenters. The first-order valence-electron chi connectivity index (χ1n) is 6.93. The minimum Gasteiger partial charge on any atom is -0.385 e. The first-order chi connectivity index (χ1) is 9.31. The van der Waals surface area contributed by atoms with E-state index in [1.807, 2.05) is 44.6 Å². The van der Waals surface area contributed by atoms with Crippen LogP contribution in [0.3, 0.4) is 0 Å². The maximum absolute atomic E-state index is 12.0. The second-order valence-corrected chi connectivity index (χ2v) is 5.92. The van der Waals surface area contributed by atoms with Crippen LogP contribution in [-0.2, 0) is 16.1 Å². The lowest BCUT2D eigenvalue weighted by Gasteiger charge is -2.23. The third-order valence-corrected chi connectivity index (χ3v) is 2.63. The van der Waals surface area contributed by atoms with Crippen molar-refractivity contribution in [1.29, 1.82) is 0 Å². The van der Waals surface area contributed by atoms with Gasteiger partial charge in [-0.25, -0.2) is 0 Å². The van der Waals surface area contributed by atoms with E-state index in [-0.39, 0.29) is 17.5 Å². The summed E-state index contributed by atoms with van der Waals surface area (Å²) >= 11 is 0. The Bertz CT molecular complexity index is 423. The van der Waals surface area contributed by atoms with Gasteiger partial charge in [0.1, 0.15) is 11.9 Å². The van der Waals surface area contributed by atoms with Gasteiger partial charge in [0.15, 0.2) is 0 Å². The number of aromatic nitrogens is 2. The zero-order chi connectivity index (χ0) is 15.2. The average Bonchev–Trinajstić information content (AvgIpc) is 2.75. The van der Waals surface area contributed by atoms with Gasteiger partial charge >= 0.3 is 0 Å². The van der Waals surface area contributed by atoms with E-state index in [1.54, 1.807) is 7.11 Å². The number of nitrogens with zero attached hydrogens (tertiary/aromatic N) is 2. The Balaban J connectivity index is 2.45. The highest BCUT2D eigenvalue weighted by Crippen LogP contribution is 2.07. The predicted molar refractivity (Wildman–Crippen MR) is 79.7 cm³/mol. The van der Waals surface area contributed by atoms with Crippen LogP contribution in [0.4, 0.5) is 5.82 Å². The number of rotatable bonds is 7. The van der Waals surface area contributed by atoms with E-state index >= 15 is 0 Å². The molecule has 0 bridgehead atoms. The Labute approximate surface area is 120 Å². The molecule has 0 aliphatic heterocycles. The first kappa shape index (κ1) is 16.5. The number of methoxy groups -OCH3 is 1. The molecule has 0 aliphatic rings. The number of hydrogen-bond donors (Lipinski definition) is 2. The van der Waals surface area contributed by atoms with Crippen LogP contribution in [0.25, 0.3) is 0 Å². The van der Waals surface area contributed by atoms with Crippen molar-refractivity contribution in [3.63, 3.8) is 0 Å². The van der Waals surface area contributed by atoms with Gasteiger partial charge in [0.25, 0.3) is 0 Å². The van der Waals surface area contributed by atoms with Gasteiger partial charge in [0.05, 0.1) is 0 Å². The molecule has 1 aromatic heterocycles. The molecular formula is C14H26N4O2. The average molecular weight is 282 g/mol. The Morgan fingerprint density at radius 1 is 1.50 bits per heavy atom. The fourth-order valence-electron chi connectivity index (χ4n) is 1.70. The molecule has 0 aliphatic carbocycles. The summed E-state index contributed by atoms with van der Waals surface area (Å²) in [5.41, 5.74) is -0.230. The van der Waals surface area contributed by atoms with E-state index < -0.39 is 0 Å². The fourth-order valence-corrected chi connectivity index (χ4v) is 1.70. The lowest BCUT2D eigenvalue weighted by atomic mass is 10.1. The normalized spacial score (nSPS) is 13.1. The molecule has 0 radical (unpaired) electrons. The lowest BCUT2D eigenvalue weighted by Crippen LogP contribution is -2.47. The van der Waals surface area contributed by atoms with Gasteiger partial charge < -0.3 is 15.4 Å². The van der Waals surface area contributed by atoms with Crippen LogP contribution in [-0.4, -0.2) is 41.0 Å². The molecule has 114 valence electrons. The quantitative estimate of drug-likeness (QED) is 0.746. The summed E-state index contributed by atoms with van der Waals surface area (Å²) in [7, 11) is 1.69. The van der Waals surface area contributed by atoms with Crippen LogP contribution in [0, 0.1) is 0 Å². The summed E-state index contributed by atoms with van der Waals surface area (Å²) < 4.78 is 6.85. The smallest absolute Gasteiger partial charge is 0.242 e. The standard InChI is InChI=1S/C14H26N4O2/c1-11(13(19)16-14(2,3)4)15-12-7-9-18(17-12)8-6-10-20-5/h7,9,11H,6,8,10H2,1-5H3,(H,15,17)(H,16,19)/t11-/m0/s1. The molecule has 6 heteroatoms. The topological polar surface area (TPSA) is 68.2 Å². The highest BCUT2D eigenvalue weighted by molar-refractivity contribution is 5.84. The van der Waals surface area contributed by atoms with Gasteiger partial charge in [0, 0.05) is 38.1 Å². The van der Waals surface area contributed by atoms with E-state index in [0.717, 1.165) is 13.0 Å². The molecule has 1 rings (SSSR count). The van der Waals surface area contributed by atoms with E-state index in [9.17, 15) is 4.79 Å². The van der Waals surface area contributed by atoms with Crippen molar-refractivity contribution in [2.45, 2.75) is 52.2 Å². The van der Waals surface area contributed by atoms with Crippen molar-refractivity contribution in [3.8, 4) is 0 Å². The van der Waals surface area contributed by atoms with E-state index in [2.05, 4.69) is 15.7 Å². The largest absolute Gasteiger partial charge is 0.385 e. The van der Waals surface area contributed by atoms with Gasteiger partial charge in [-0.3, -0.25) is 9.48 Å². The van der Waals surface area contributed by atoms with E-state index in [4.69, 9.17) is 4.74 Å². The van der Waals surface area contributed by atoms with Crippen LogP contribution in [0.2, 0.25) is 0 Å². The Morgan fingerprint density at radius 3 is 2.80 bits per heavy atom. The molecule has 6 nitrogen and oxygen atoms in total. The Kier molecular flexibility index (Phi) is 6.01. The third-order valence-electron chi connectivity index (χ3n) is 2.63. The molecule has 0 fully saturated rings. The maximum Gasteiger partial charge on any atom is 0.242 e. The number of amides is 1. The van der Waals surface area contributed by atoms with Crippen molar-refractivity contribution in [3.05, 3.63) is 12.3 Å². The molecule has 1 heterocycles. The van der Waals surface area contributed by atoms with Crippen molar-refractivity contribution >= 4 is 11.7 Å². The zero-order valence-corrected chi connectivity index (χ0v) is 13.1. The molecule has 0 saturated carbocycles. The Morgan fingerprint density at radius 2 is 2.20 bits per heavy atom. The zero-order valence-electron chi connectivity index (χ0n) is 13.1. The second-order valence-electron chi connectivity index (χ2n) is 5.92. The van der Waals surface area contributed by atoms with Crippen LogP contribution in [0.5, 0.6) is 0 Å². The molecule has 0 saturated heterocycles. The number of nitrogens with one attached hydrogen (secondary N) is 2. The summed E-state index contributed by atoms with van der Waals surface area (Å²) in [5, 5.41) is 10.4. The second kappa shape index (κ2) is 7.28. The number of anilines is 1. The molecule has 20 heavy (non-hydrogen) atoms. The molecule has 0 unspecified atom stereocenters. The summed E-state index contributed by atoms with van der Waals surface area (Å²) in [6, 6.07) is 1.55. The van der Waals surface area contributed by atoms with Crippen molar-refractivity contribution < 1.29 is 9.53 Å². The van der Waals surface area contributed by atoms with E-state index in [0.29, 0.717) is 12.4 Å². The van der Waals surface area contributed by atoms with Gasteiger partial charge in [-0.15, -0.1) is 0 Å². The number of ether oxygens (including phenoxy) is 1. The highest BCUT2D eigenvalue weighted by Gasteiger charge is 2.19. The molecule has 2 N–H and O–H groups in total. The lowest BCUT2D eigenvalue weighted by molar-refractivity contribution is -0.122. The highest BCUT2D eigenvalue weighted by atomic mass is 16.5. The van der Waals surface area contributed by atoms with Gasteiger partial charge in [-0.05, 0) is 34.1 Å². The minimum atomic E-state index is -0.323. The summed E-state index contributed by atoms with van der Waals surface area (Å²) in [5.74, 6) is 0.672. The van der Waals surface area contributed by atoms with Gasteiger partial charge in [-0.2, -0.15) is 5.10 Å². The minimum absolute atomic E-state index is 0.0357. The van der Waals surface area contributed by atoms with E-state index in [1.165, 1.54) is 0 Å². The summed E-state index contributed by atoms with van der Waals surface area (Å²) in [4.78, 5) is 12.0. The molecule has 0 spiro atoms. The van der Waals surface area contributed by atoms with Crippen molar-refractivity contribution in [1.82, 2.24) is 15.1 Å². The summed E-state index contributed by atoms with van der Waals surface area (Å²) in [6.07, 6.45) is 2.81. The fraction of sp³-hybridized carbons (Fsp3) is 0.714. The summed E-state index contributed by atoms with van der Waals surface area (Å²) in [6.45, 7) is 9.22. The molecule has 1 amide bonds. The van der Waals surface area contributed by atoms with Gasteiger partial charge in [0.2, 0.25) is 5.91 Å². The van der Waals surface area contributed by atoms with Crippen molar-refractivity contribution in [2.24, 2.45) is 0 Å². The van der Waals surface area contributed by atoms with Crippen LogP contribution < -0.4 is 10.6 Å². The number of hydrogen-bond acceptors (Lipinski definition) is 4. The number of aryl methyl sites for hydroxylation is 1. The Hall–Kier alpha value is -1.56.